The summed E-state index contributed by atoms with van der Waals surface area (Å²) in [5.41, 5.74) is 2.81. The maximum absolute atomic E-state index is 13.5. The fourth-order valence-corrected chi connectivity index (χ4v) is 4.46. The van der Waals surface area contributed by atoms with Crippen LogP contribution in [0.1, 0.15) is 28.9 Å². The summed E-state index contributed by atoms with van der Waals surface area (Å²) in [7, 11) is 0. The second-order valence-corrected chi connectivity index (χ2v) is 8.16. The van der Waals surface area contributed by atoms with Gasteiger partial charge in [-0.2, -0.15) is 5.10 Å². The zero-order chi connectivity index (χ0) is 22.4. The molecular formula is C25H27N5O2. The Morgan fingerprint density at radius 1 is 1.19 bits per heavy atom. The van der Waals surface area contributed by atoms with Gasteiger partial charge in [0.1, 0.15) is 5.69 Å². The molecule has 1 atom stereocenters. The van der Waals surface area contributed by atoms with Gasteiger partial charge in [0.25, 0.3) is 5.91 Å². The summed E-state index contributed by atoms with van der Waals surface area (Å²) < 4.78 is 0. The minimum Gasteiger partial charge on any atom is -0.352 e. The Balaban J connectivity index is 1.68. The standard InChI is InChI=1S/C25H27N5O2/c1-2-12-27-24(32)25(11-6-15-30(18-25)23(31)22-10-14-28-29-22)16-19-7-3-4-9-21(19)20-8-5-13-26-17-20/h2-5,7-10,13-14,17H,1,6,11-12,15-16,18H2,(H,27,32)(H,28,29)/t25-/m0/s1. The van der Waals surface area contributed by atoms with Crippen LogP contribution in [0, 0.1) is 5.41 Å². The number of nitrogens with one attached hydrogen (secondary N) is 2. The highest BCUT2D eigenvalue weighted by atomic mass is 16.2. The largest absolute Gasteiger partial charge is 0.352 e. The average Bonchev–Trinajstić information content (AvgIpc) is 3.38. The lowest BCUT2D eigenvalue weighted by Gasteiger charge is -2.42. The smallest absolute Gasteiger partial charge is 0.271 e. The topological polar surface area (TPSA) is 91.0 Å². The number of benzene rings is 1. The SMILES string of the molecule is C=CCNC(=O)[C@]1(Cc2ccccc2-c2cccnc2)CCCN(C(=O)c2ccn[nH]2)C1. The van der Waals surface area contributed by atoms with Crippen molar-refractivity contribution in [3.05, 3.63) is 85.0 Å². The third kappa shape index (κ3) is 4.46. The van der Waals surface area contributed by atoms with Gasteiger partial charge in [-0.3, -0.25) is 19.7 Å². The molecule has 2 aromatic heterocycles. The fraction of sp³-hybridized carbons (Fsp3) is 0.280. The van der Waals surface area contributed by atoms with Crippen LogP contribution in [-0.4, -0.2) is 51.5 Å². The first-order valence-electron chi connectivity index (χ1n) is 10.8. The van der Waals surface area contributed by atoms with Crippen molar-refractivity contribution in [3.63, 3.8) is 0 Å². The van der Waals surface area contributed by atoms with E-state index in [-0.39, 0.29) is 11.8 Å². The van der Waals surface area contributed by atoms with Gasteiger partial charge in [0.05, 0.1) is 5.41 Å². The van der Waals surface area contributed by atoms with E-state index < -0.39 is 5.41 Å². The molecule has 7 heteroatoms. The van der Waals surface area contributed by atoms with Crippen molar-refractivity contribution >= 4 is 11.8 Å². The van der Waals surface area contributed by atoms with Crippen molar-refractivity contribution in [2.75, 3.05) is 19.6 Å². The third-order valence-corrected chi connectivity index (χ3v) is 6.00. The normalized spacial score (nSPS) is 18.2. The molecule has 1 fully saturated rings. The number of aromatic amines is 1. The van der Waals surface area contributed by atoms with Gasteiger partial charge in [-0.15, -0.1) is 6.58 Å². The summed E-state index contributed by atoms with van der Waals surface area (Å²) in [4.78, 5) is 32.5. The number of nitrogens with zero attached hydrogens (tertiary/aromatic N) is 3. The van der Waals surface area contributed by atoms with Crippen LogP contribution in [0.5, 0.6) is 0 Å². The summed E-state index contributed by atoms with van der Waals surface area (Å²) in [6.07, 6.45) is 8.78. The molecule has 1 aliphatic heterocycles. The van der Waals surface area contributed by atoms with Crippen LogP contribution in [0.2, 0.25) is 0 Å². The fourth-order valence-electron chi connectivity index (χ4n) is 4.46. The van der Waals surface area contributed by atoms with E-state index in [2.05, 4.69) is 39.2 Å². The zero-order valence-corrected chi connectivity index (χ0v) is 18.0. The molecule has 2 amide bonds. The first kappa shape index (κ1) is 21.5. The van der Waals surface area contributed by atoms with Crippen LogP contribution in [-0.2, 0) is 11.2 Å². The molecular weight excluding hydrogens is 402 g/mol. The van der Waals surface area contributed by atoms with Gasteiger partial charge in [0, 0.05) is 43.8 Å². The Morgan fingerprint density at radius 3 is 2.81 bits per heavy atom. The number of rotatable bonds is 7. The van der Waals surface area contributed by atoms with Crippen molar-refractivity contribution in [3.8, 4) is 11.1 Å². The van der Waals surface area contributed by atoms with Crippen LogP contribution in [0.4, 0.5) is 0 Å². The van der Waals surface area contributed by atoms with Crippen LogP contribution in [0.15, 0.2) is 73.7 Å². The van der Waals surface area contributed by atoms with Gasteiger partial charge in [0.2, 0.25) is 5.91 Å². The first-order valence-corrected chi connectivity index (χ1v) is 10.8. The Kier molecular flexibility index (Phi) is 6.44. The molecule has 3 heterocycles. The number of likely N-dealkylation sites (tertiary alicyclic amines) is 1. The Labute approximate surface area is 187 Å². The molecule has 3 aromatic rings. The quantitative estimate of drug-likeness (QED) is 0.564. The highest BCUT2D eigenvalue weighted by molar-refractivity contribution is 5.93. The molecule has 0 bridgehead atoms. The summed E-state index contributed by atoms with van der Waals surface area (Å²) in [6, 6.07) is 13.7. The number of pyridine rings is 1. The van der Waals surface area contributed by atoms with Crippen LogP contribution in [0.3, 0.4) is 0 Å². The summed E-state index contributed by atoms with van der Waals surface area (Å²) in [5.74, 6) is -0.191. The van der Waals surface area contributed by atoms with E-state index in [1.807, 2.05) is 30.5 Å². The monoisotopic (exact) mass is 429 g/mol. The number of piperidine rings is 1. The number of aromatic nitrogens is 3. The van der Waals surface area contributed by atoms with Gasteiger partial charge in [0.15, 0.2) is 0 Å². The van der Waals surface area contributed by atoms with Crippen molar-refractivity contribution in [2.45, 2.75) is 19.3 Å². The molecule has 4 rings (SSSR count). The van der Waals surface area contributed by atoms with Gasteiger partial charge < -0.3 is 10.2 Å². The number of carbonyl (C=O) groups is 2. The Bertz CT molecular complexity index is 1080. The molecule has 164 valence electrons. The number of carbonyl (C=O) groups excluding carboxylic acids is 2. The molecule has 7 nitrogen and oxygen atoms in total. The molecule has 0 spiro atoms. The summed E-state index contributed by atoms with van der Waals surface area (Å²) >= 11 is 0. The second kappa shape index (κ2) is 9.60. The number of hydrogen-bond acceptors (Lipinski definition) is 4. The first-order chi connectivity index (χ1) is 15.6. The average molecular weight is 430 g/mol. The van der Waals surface area contributed by atoms with Gasteiger partial charge in [-0.25, -0.2) is 0 Å². The van der Waals surface area contributed by atoms with Gasteiger partial charge >= 0.3 is 0 Å². The van der Waals surface area contributed by atoms with Crippen molar-refractivity contribution in [1.82, 2.24) is 25.4 Å². The maximum Gasteiger partial charge on any atom is 0.271 e. The van der Waals surface area contributed by atoms with Crippen molar-refractivity contribution < 1.29 is 9.59 Å². The summed E-state index contributed by atoms with van der Waals surface area (Å²) in [5, 5.41) is 9.63. The van der Waals surface area contributed by atoms with E-state index in [4.69, 9.17) is 0 Å². The molecule has 0 saturated carbocycles. The van der Waals surface area contributed by atoms with Crippen LogP contribution in [0.25, 0.3) is 11.1 Å². The molecule has 0 radical (unpaired) electrons. The van der Waals surface area contributed by atoms with E-state index in [1.165, 1.54) is 0 Å². The Hall–Kier alpha value is -3.74. The molecule has 0 unspecified atom stereocenters. The van der Waals surface area contributed by atoms with E-state index in [1.54, 1.807) is 29.4 Å². The molecule has 1 aromatic carbocycles. The number of H-pyrrole nitrogens is 1. The minimum atomic E-state index is -0.741. The van der Waals surface area contributed by atoms with Crippen molar-refractivity contribution in [1.29, 1.82) is 0 Å². The van der Waals surface area contributed by atoms with Crippen LogP contribution < -0.4 is 5.32 Å². The zero-order valence-electron chi connectivity index (χ0n) is 18.0. The number of amides is 2. The lowest BCUT2D eigenvalue weighted by Crippen LogP contribution is -2.54. The second-order valence-electron chi connectivity index (χ2n) is 8.16. The van der Waals surface area contributed by atoms with E-state index in [0.717, 1.165) is 23.1 Å². The molecule has 2 N–H and O–H groups in total. The van der Waals surface area contributed by atoms with E-state index in [0.29, 0.717) is 38.2 Å². The van der Waals surface area contributed by atoms with Crippen LogP contribution >= 0.6 is 0 Å². The van der Waals surface area contributed by atoms with E-state index >= 15 is 0 Å². The molecule has 0 aliphatic carbocycles. The predicted octanol–water partition coefficient (Wildman–Crippen LogP) is 3.24. The predicted molar refractivity (Wildman–Crippen MR) is 123 cm³/mol. The summed E-state index contributed by atoms with van der Waals surface area (Å²) in [6.45, 7) is 5.06. The third-order valence-electron chi connectivity index (χ3n) is 6.00. The van der Waals surface area contributed by atoms with Gasteiger partial charge in [-0.1, -0.05) is 36.4 Å². The van der Waals surface area contributed by atoms with Crippen molar-refractivity contribution in [2.24, 2.45) is 5.41 Å². The lowest BCUT2D eigenvalue weighted by atomic mass is 9.73. The van der Waals surface area contributed by atoms with E-state index in [9.17, 15) is 9.59 Å². The maximum atomic E-state index is 13.5. The number of hydrogen-bond donors (Lipinski definition) is 2. The molecule has 1 saturated heterocycles. The molecule has 1 aliphatic rings. The lowest BCUT2D eigenvalue weighted by molar-refractivity contribution is -0.133. The Morgan fingerprint density at radius 2 is 2.06 bits per heavy atom. The molecule has 32 heavy (non-hydrogen) atoms. The highest BCUT2D eigenvalue weighted by Crippen LogP contribution is 2.37. The minimum absolute atomic E-state index is 0.0551. The highest BCUT2D eigenvalue weighted by Gasteiger charge is 2.44. The van der Waals surface area contributed by atoms with Gasteiger partial charge in [-0.05, 0) is 42.5 Å².